The number of amides is 1. The second-order valence-electron chi connectivity index (χ2n) is 6.14. The van der Waals surface area contributed by atoms with E-state index in [4.69, 9.17) is 4.74 Å². The Morgan fingerprint density at radius 2 is 2.00 bits per heavy atom. The molecular weight excluding hydrogens is 312 g/mol. The first-order valence-electron chi connectivity index (χ1n) is 8.00. The van der Waals surface area contributed by atoms with Gasteiger partial charge in [-0.25, -0.2) is 0 Å². The molecule has 5 nitrogen and oxygen atoms in total. The van der Waals surface area contributed by atoms with Gasteiger partial charge in [0.05, 0.1) is 30.2 Å². The third kappa shape index (κ3) is 2.87. The number of rotatable bonds is 2. The van der Waals surface area contributed by atoms with E-state index in [1.807, 2.05) is 30.3 Å². The van der Waals surface area contributed by atoms with Crippen LogP contribution in [0.15, 0.2) is 30.3 Å². The molecule has 4 rings (SSSR count). The zero-order valence-corrected chi connectivity index (χ0v) is 13.7. The van der Waals surface area contributed by atoms with E-state index in [0.29, 0.717) is 26.3 Å². The molecule has 2 fully saturated rings. The number of carbonyl (C=O) groups excluding carboxylic acids is 1. The summed E-state index contributed by atoms with van der Waals surface area (Å²) in [6, 6.07) is 10.0. The minimum atomic E-state index is -0.480. The lowest BCUT2D eigenvalue weighted by Gasteiger charge is -2.33. The molecule has 0 aliphatic carbocycles. The van der Waals surface area contributed by atoms with Crippen LogP contribution in [-0.2, 0) is 4.74 Å². The summed E-state index contributed by atoms with van der Waals surface area (Å²) in [6.07, 6.45) is -0.480. The Bertz CT molecular complexity index is 678. The Labute approximate surface area is 139 Å². The highest BCUT2D eigenvalue weighted by molar-refractivity contribution is 7.20. The van der Waals surface area contributed by atoms with Gasteiger partial charge in [-0.05, 0) is 17.5 Å². The summed E-state index contributed by atoms with van der Waals surface area (Å²) in [7, 11) is 0. The van der Waals surface area contributed by atoms with Crippen LogP contribution in [0.5, 0.6) is 0 Å². The average molecular weight is 332 g/mol. The van der Waals surface area contributed by atoms with Gasteiger partial charge < -0.3 is 14.7 Å². The number of ether oxygens (including phenoxy) is 1. The molecule has 23 heavy (non-hydrogen) atoms. The number of β-amino-alcohol motifs (C(OH)–C–C–N with tert-alkyl or cyclic N) is 1. The van der Waals surface area contributed by atoms with E-state index in [1.165, 1.54) is 11.3 Å². The van der Waals surface area contributed by atoms with Gasteiger partial charge in [0.25, 0.3) is 5.91 Å². The zero-order valence-electron chi connectivity index (χ0n) is 12.9. The van der Waals surface area contributed by atoms with Gasteiger partial charge in [0.2, 0.25) is 0 Å². The topological polar surface area (TPSA) is 53.0 Å². The number of morpholine rings is 1. The third-order valence-electron chi connectivity index (χ3n) is 4.70. The molecule has 0 spiro atoms. The Hall–Kier alpha value is -1.47. The summed E-state index contributed by atoms with van der Waals surface area (Å²) in [5.41, 5.74) is 0. The van der Waals surface area contributed by atoms with Gasteiger partial charge >= 0.3 is 0 Å². The number of fused-ring (bicyclic) bond motifs is 1. The van der Waals surface area contributed by atoms with Crippen LogP contribution in [0.1, 0.15) is 9.67 Å². The maximum Gasteiger partial charge on any atom is 0.264 e. The first kappa shape index (κ1) is 15.1. The molecule has 3 heterocycles. The van der Waals surface area contributed by atoms with Gasteiger partial charge in [-0.2, -0.15) is 0 Å². The molecule has 1 N–H and O–H groups in total. The molecule has 122 valence electrons. The van der Waals surface area contributed by atoms with Crippen LogP contribution >= 0.6 is 11.3 Å². The maximum atomic E-state index is 12.8. The molecule has 2 aliphatic heterocycles. The van der Waals surface area contributed by atoms with Gasteiger partial charge in [0.1, 0.15) is 0 Å². The summed E-state index contributed by atoms with van der Waals surface area (Å²) in [6.45, 7) is 4.06. The molecule has 2 atom stereocenters. The number of aliphatic hydroxyl groups is 1. The van der Waals surface area contributed by atoms with Crippen molar-refractivity contribution in [2.45, 2.75) is 12.1 Å². The van der Waals surface area contributed by atoms with Crippen molar-refractivity contribution in [2.24, 2.45) is 0 Å². The van der Waals surface area contributed by atoms with Crippen molar-refractivity contribution in [3.8, 4) is 0 Å². The Morgan fingerprint density at radius 3 is 2.78 bits per heavy atom. The molecule has 2 aliphatic rings. The molecule has 0 bridgehead atoms. The number of hydrogen-bond acceptors (Lipinski definition) is 5. The lowest BCUT2D eigenvalue weighted by atomic mass is 10.1. The van der Waals surface area contributed by atoms with E-state index in [0.717, 1.165) is 28.1 Å². The fourth-order valence-electron chi connectivity index (χ4n) is 3.45. The Kier molecular flexibility index (Phi) is 4.07. The summed E-state index contributed by atoms with van der Waals surface area (Å²) < 4.78 is 6.49. The van der Waals surface area contributed by atoms with E-state index < -0.39 is 6.10 Å². The van der Waals surface area contributed by atoms with Crippen LogP contribution in [0.4, 0.5) is 0 Å². The number of thiophene rings is 1. The van der Waals surface area contributed by atoms with Gasteiger partial charge in [-0.1, -0.05) is 18.2 Å². The zero-order chi connectivity index (χ0) is 15.8. The van der Waals surface area contributed by atoms with Crippen molar-refractivity contribution in [1.29, 1.82) is 0 Å². The van der Waals surface area contributed by atoms with Crippen LogP contribution in [0.3, 0.4) is 0 Å². The van der Waals surface area contributed by atoms with Crippen LogP contribution in [0.25, 0.3) is 10.1 Å². The fraction of sp³-hybridized carbons (Fsp3) is 0.471. The largest absolute Gasteiger partial charge is 0.390 e. The van der Waals surface area contributed by atoms with Crippen molar-refractivity contribution in [3.05, 3.63) is 35.2 Å². The first-order valence-corrected chi connectivity index (χ1v) is 8.82. The van der Waals surface area contributed by atoms with E-state index in [2.05, 4.69) is 4.90 Å². The molecule has 6 heteroatoms. The molecule has 1 aromatic carbocycles. The standard InChI is InChI=1S/C17H20N2O3S/c20-14-11-19(10-13(14)18-5-7-22-8-6-18)17(21)16-9-12-3-1-2-4-15(12)23-16/h1-4,9,13-14,20H,5-8,10-11H2/t13-,14-/m1/s1. The minimum Gasteiger partial charge on any atom is -0.390 e. The van der Waals surface area contributed by atoms with E-state index in [9.17, 15) is 9.90 Å². The lowest BCUT2D eigenvalue weighted by molar-refractivity contribution is -0.00611. The van der Waals surface area contributed by atoms with Gasteiger partial charge in [-0.3, -0.25) is 9.69 Å². The SMILES string of the molecule is O=C(c1cc2ccccc2s1)N1C[C@@H](O)[C@H](N2CCOCC2)C1. The second kappa shape index (κ2) is 6.20. The first-order chi connectivity index (χ1) is 11.2. The highest BCUT2D eigenvalue weighted by Gasteiger charge is 2.38. The van der Waals surface area contributed by atoms with E-state index in [1.54, 1.807) is 4.90 Å². The van der Waals surface area contributed by atoms with E-state index >= 15 is 0 Å². The highest BCUT2D eigenvalue weighted by atomic mass is 32.1. The molecular formula is C17H20N2O3S. The van der Waals surface area contributed by atoms with Crippen molar-refractivity contribution in [2.75, 3.05) is 39.4 Å². The molecule has 2 aromatic rings. The van der Waals surface area contributed by atoms with Crippen LogP contribution in [0, 0.1) is 0 Å². The molecule has 1 aromatic heterocycles. The average Bonchev–Trinajstić information content (AvgIpc) is 3.18. The summed E-state index contributed by atoms with van der Waals surface area (Å²) in [5.74, 6) is 0.0287. The lowest BCUT2D eigenvalue weighted by Crippen LogP contribution is -2.49. The summed E-state index contributed by atoms with van der Waals surface area (Å²) in [4.78, 5) is 17.6. The van der Waals surface area contributed by atoms with Gasteiger partial charge in [0, 0.05) is 30.9 Å². The van der Waals surface area contributed by atoms with Gasteiger partial charge in [-0.15, -0.1) is 11.3 Å². The smallest absolute Gasteiger partial charge is 0.264 e. The molecule has 1 amide bonds. The van der Waals surface area contributed by atoms with Crippen molar-refractivity contribution >= 4 is 27.3 Å². The monoisotopic (exact) mass is 332 g/mol. The molecule has 0 radical (unpaired) electrons. The number of hydrogen-bond donors (Lipinski definition) is 1. The number of likely N-dealkylation sites (tertiary alicyclic amines) is 1. The normalized spacial score (nSPS) is 26.0. The van der Waals surface area contributed by atoms with Crippen molar-refractivity contribution in [3.63, 3.8) is 0 Å². The van der Waals surface area contributed by atoms with Crippen LogP contribution in [0.2, 0.25) is 0 Å². The second-order valence-corrected chi connectivity index (χ2v) is 7.23. The molecule has 0 unspecified atom stereocenters. The predicted molar refractivity (Wildman–Crippen MR) is 89.9 cm³/mol. The van der Waals surface area contributed by atoms with Crippen LogP contribution < -0.4 is 0 Å². The highest BCUT2D eigenvalue weighted by Crippen LogP contribution is 2.28. The number of benzene rings is 1. The van der Waals surface area contributed by atoms with Crippen molar-refractivity contribution < 1.29 is 14.6 Å². The number of nitrogens with zero attached hydrogens (tertiary/aromatic N) is 2. The molecule has 2 saturated heterocycles. The maximum absolute atomic E-state index is 12.8. The Balaban J connectivity index is 1.50. The minimum absolute atomic E-state index is 0.0252. The van der Waals surface area contributed by atoms with Gasteiger partial charge in [0.15, 0.2) is 0 Å². The Morgan fingerprint density at radius 1 is 1.22 bits per heavy atom. The predicted octanol–water partition coefficient (Wildman–Crippen LogP) is 1.42. The molecule has 0 saturated carbocycles. The number of carbonyl (C=O) groups is 1. The quantitative estimate of drug-likeness (QED) is 0.904. The van der Waals surface area contributed by atoms with E-state index in [-0.39, 0.29) is 11.9 Å². The summed E-state index contributed by atoms with van der Waals surface area (Å²) in [5, 5.41) is 11.5. The van der Waals surface area contributed by atoms with Crippen molar-refractivity contribution in [1.82, 2.24) is 9.80 Å². The summed E-state index contributed by atoms with van der Waals surface area (Å²) >= 11 is 1.52. The van der Waals surface area contributed by atoms with Crippen LogP contribution in [-0.4, -0.2) is 72.4 Å². The fourth-order valence-corrected chi connectivity index (χ4v) is 4.48. The number of aliphatic hydroxyl groups excluding tert-OH is 1. The third-order valence-corrected chi connectivity index (χ3v) is 5.80.